The molecule has 142 valence electrons. The van der Waals surface area contributed by atoms with Crippen molar-refractivity contribution in [1.29, 1.82) is 0 Å². The Hall–Kier alpha value is -3.00. The number of ether oxygens (including phenoxy) is 1. The molecule has 2 heterocycles. The first-order valence-corrected chi connectivity index (χ1v) is 8.76. The minimum atomic E-state index is -0.324. The molecule has 27 heavy (non-hydrogen) atoms. The van der Waals surface area contributed by atoms with Gasteiger partial charge in [0.15, 0.2) is 5.78 Å². The highest BCUT2D eigenvalue weighted by Crippen LogP contribution is 2.13. The van der Waals surface area contributed by atoms with Crippen LogP contribution in [0.3, 0.4) is 0 Å². The topological polar surface area (TPSA) is 93.5 Å². The van der Waals surface area contributed by atoms with Gasteiger partial charge in [-0.3, -0.25) is 19.1 Å². The Kier molecular flexibility index (Phi) is 5.66. The molecule has 8 heteroatoms. The lowest BCUT2D eigenvalue weighted by Crippen LogP contribution is -2.41. The molecule has 1 aliphatic heterocycles. The molecule has 2 amide bonds. The normalized spacial score (nSPS) is 14.1. The van der Waals surface area contributed by atoms with E-state index in [1.165, 1.54) is 11.6 Å². The fraction of sp³-hybridized carbons (Fsp3) is 0.368. The molecule has 1 N–H and O–H groups in total. The van der Waals surface area contributed by atoms with Gasteiger partial charge in [0, 0.05) is 24.3 Å². The summed E-state index contributed by atoms with van der Waals surface area (Å²) < 4.78 is 6.69. The van der Waals surface area contributed by atoms with Crippen molar-refractivity contribution in [3.63, 3.8) is 0 Å². The summed E-state index contributed by atoms with van der Waals surface area (Å²) in [6.45, 7) is 5.21. The van der Waals surface area contributed by atoms with Crippen LogP contribution >= 0.6 is 0 Å². The highest BCUT2D eigenvalue weighted by molar-refractivity contribution is 5.97. The van der Waals surface area contributed by atoms with Gasteiger partial charge in [0.2, 0.25) is 5.91 Å². The van der Waals surface area contributed by atoms with Crippen molar-refractivity contribution in [2.75, 3.05) is 31.6 Å². The number of benzene rings is 1. The van der Waals surface area contributed by atoms with E-state index in [1.807, 2.05) is 0 Å². The summed E-state index contributed by atoms with van der Waals surface area (Å²) in [7, 11) is 0. The summed E-state index contributed by atoms with van der Waals surface area (Å²) >= 11 is 0. The first-order valence-electron chi connectivity index (χ1n) is 8.76. The van der Waals surface area contributed by atoms with Gasteiger partial charge in [-0.15, -0.1) is 0 Å². The number of rotatable bonds is 5. The second kappa shape index (κ2) is 8.13. The van der Waals surface area contributed by atoms with E-state index in [9.17, 15) is 14.4 Å². The molecule has 0 atom stereocenters. The van der Waals surface area contributed by atoms with Crippen molar-refractivity contribution in [3.8, 4) is 0 Å². The zero-order chi connectivity index (χ0) is 19.4. The molecule has 0 radical (unpaired) electrons. The van der Waals surface area contributed by atoms with E-state index < -0.39 is 0 Å². The van der Waals surface area contributed by atoms with Gasteiger partial charge in [-0.2, -0.15) is 5.10 Å². The van der Waals surface area contributed by atoms with Crippen LogP contribution in [0, 0.1) is 6.92 Å². The molecule has 2 aromatic rings. The average Bonchev–Trinajstić information content (AvgIpc) is 3.02. The number of nitrogens with zero attached hydrogens (tertiary/aromatic N) is 3. The zero-order valence-electron chi connectivity index (χ0n) is 15.4. The maximum atomic E-state index is 12.7. The number of anilines is 1. The van der Waals surface area contributed by atoms with Gasteiger partial charge < -0.3 is 15.0 Å². The van der Waals surface area contributed by atoms with E-state index in [0.717, 1.165) is 0 Å². The van der Waals surface area contributed by atoms with Crippen LogP contribution in [0.4, 0.5) is 5.69 Å². The lowest BCUT2D eigenvalue weighted by molar-refractivity contribution is -0.116. The standard InChI is InChI=1S/C19H22N4O4/c1-13-10-17(19(26)22-6-8-27-9-7-22)23(21-13)12-18(25)20-16-5-3-4-15(11-16)14(2)24/h3-5,10-11H,6-9,12H2,1-2H3,(H,20,25). The number of hydrogen-bond acceptors (Lipinski definition) is 5. The predicted octanol–water partition coefficient (Wildman–Crippen LogP) is 1.51. The number of amides is 2. The molecule has 0 aliphatic carbocycles. The van der Waals surface area contributed by atoms with Crippen LogP contribution < -0.4 is 5.32 Å². The van der Waals surface area contributed by atoms with E-state index in [0.29, 0.717) is 48.9 Å². The van der Waals surface area contributed by atoms with E-state index in [1.54, 1.807) is 42.2 Å². The van der Waals surface area contributed by atoms with E-state index in [4.69, 9.17) is 4.74 Å². The Labute approximate surface area is 157 Å². The highest BCUT2D eigenvalue weighted by Gasteiger charge is 2.23. The number of carbonyl (C=O) groups is 3. The molecule has 1 aliphatic rings. The Bertz CT molecular complexity index is 868. The Morgan fingerprint density at radius 2 is 1.93 bits per heavy atom. The first kappa shape index (κ1) is 18.8. The Balaban J connectivity index is 1.72. The molecule has 1 aromatic heterocycles. The molecule has 0 spiro atoms. The van der Waals surface area contributed by atoms with Crippen molar-refractivity contribution < 1.29 is 19.1 Å². The lowest BCUT2D eigenvalue weighted by Gasteiger charge is -2.26. The molecule has 1 saturated heterocycles. The predicted molar refractivity (Wildman–Crippen MR) is 98.8 cm³/mol. The molecule has 8 nitrogen and oxygen atoms in total. The number of morpholine rings is 1. The van der Waals surface area contributed by atoms with Crippen LogP contribution in [-0.4, -0.2) is 58.6 Å². The van der Waals surface area contributed by atoms with Gasteiger partial charge >= 0.3 is 0 Å². The SMILES string of the molecule is CC(=O)c1cccc(NC(=O)Cn2nc(C)cc2C(=O)N2CCOCC2)c1. The van der Waals surface area contributed by atoms with Crippen LogP contribution in [0.2, 0.25) is 0 Å². The highest BCUT2D eigenvalue weighted by atomic mass is 16.5. The molecular formula is C19H22N4O4. The summed E-state index contributed by atoms with van der Waals surface area (Å²) in [5.74, 6) is -0.563. The molecule has 3 rings (SSSR count). The maximum absolute atomic E-state index is 12.7. The van der Waals surface area contributed by atoms with Gasteiger partial charge in [0.05, 0.1) is 18.9 Å². The molecular weight excluding hydrogens is 348 g/mol. The van der Waals surface area contributed by atoms with Crippen LogP contribution in [-0.2, 0) is 16.1 Å². The number of ketones is 1. The summed E-state index contributed by atoms with van der Waals surface area (Å²) in [5, 5.41) is 7.02. The third-order valence-electron chi connectivity index (χ3n) is 4.27. The smallest absolute Gasteiger partial charge is 0.272 e. The number of nitrogens with one attached hydrogen (secondary N) is 1. The Morgan fingerprint density at radius 1 is 1.19 bits per heavy atom. The van der Waals surface area contributed by atoms with E-state index >= 15 is 0 Å². The minimum absolute atomic E-state index is 0.0767. The summed E-state index contributed by atoms with van der Waals surface area (Å²) in [5.41, 5.74) is 2.09. The number of Topliss-reactive ketones (excluding diaryl/α,β-unsaturated/α-hetero) is 1. The second-order valence-corrected chi connectivity index (χ2v) is 6.42. The van der Waals surface area contributed by atoms with Crippen molar-refractivity contribution in [3.05, 3.63) is 47.3 Å². The molecule has 0 unspecified atom stereocenters. The summed E-state index contributed by atoms with van der Waals surface area (Å²) in [6.07, 6.45) is 0. The summed E-state index contributed by atoms with van der Waals surface area (Å²) in [4.78, 5) is 38.3. The average molecular weight is 370 g/mol. The summed E-state index contributed by atoms with van der Waals surface area (Å²) in [6, 6.07) is 8.40. The van der Waals surface area contributed by atoms with Crippen molar-refractivity contribution in [1.82, 2.24) is 14.7 Å². The van der Waals surface area contributed by atoms with Gasteiger partial charge in [-0.05, 0) is 32.0 Å². The van der Waals surface area contributed by atoms with E-state index in [2.05, 4.69) is 10.4 Å². The third kappa shape index (κ3) is 4.59. The maximum Gasteiger partial charge on any atom is 0.272 e. The van der Waals surface area contributed by atoms with Crippen LogP contribution in [0.1, 0.15) is 33.5 Å². The fourth-order valence-corrected chi connectivity index (χ4v) is 2.92. The number of aryl methyl sites for hydroxylation is 1. The number of aromatic nitrogens is 2. The van der Waals surface area contributed by atoms with E-state index in [-0.39, 0.29) is 24.1 Å². The van der Waals surface area contributed by atoms with Gasteiger partial charge in [-0.25, -0.2) is 0 Å². The zero-order valence-corrected chi connectivity index (χ0v) is 15.4. The van der Waals surface area contributed by atoms with Crippen molar-refractivity contribution >= 4 is 23.3 Å². The fourth-order valence-electron chi connectivity index (χ4n) is 2.92. The van der Waals surface area contributed by atoms with Crippen LogP contribution in [0.15, 0.2) is 30.3 Å². The molecule has 0 saturated carbocycles. The van der Waals surface area contributed by atoms with Crippen LogP contribution in [0.5, 0.6) is 0 Å². The number of carbonyl (C=O) groups excluding carboxylic acids is 3. The lowest BCUT2D eigenvalue weighted by atomic mass is 10.1. The van der Waals surface area contributed by atoms with Gasteiger partial charge in [0.25, 0.3) is 5.91 Å². The monoisotopic (exact) mass is 370 g/mol. The van der Waals surface area contributed by atoms with Crippen molar-refractivity contribution in [2.24, 2.45) is 0 Å². The molecule has 1 aromatic carbocycles. The third-order valence-corrected chi connectivity index (χ3v) is 4.27. The second-order valence-electron chi connectivity index (χ2n) is 6.42. The van der Waals surface area contributed by atoms with Crippen molar-refractivity contribution in [2.45, 2.75) is 20.4 Å². The minimum Gasteiger partial charge on any atom is -0.378 e. The largest absolute Gasteiger partial charge is 0.378 e. The van der Waals surface area contributed by atoms with Gasteiger partial charge in [-0.1, -0.05) is 12.1 Å². The first-order chi connectivity index (χ1) is 12.9. The van der Waals surface area contributed by atoms with Crippen LogP contribution in [0.25, 0.3) is 0 Å². The Morgan fingerprint density at radius 3 is 2.63 bits per heavy atom. The molecule has 0 bridgehead atoms. The molecule has 1 fully saturated rings. The van der Waals surface area contributed by atoms with Gasteiger partial charge in [0.1, 0.15) is 12.2 Å². The number of hydrogen-bond donors (Lipinski definition) is 1. The quantitative estimate of drug-likeness (QED) is 0.805.